The molecular formula is C23H34O4. The molecule has 5 rings (SSSR count). The van der Waals surface area contributed by atoms with Crippen molar-refractivity contribution in [3.63, 3.8) is 0 Å². The maximum absolute atomic E-state index is 11.9. The van der Waals surface area contributed by atoms with Gasteiger partial charge in [0.25, 0.3) is 0 Å². The molecule has 27 heavy (non-hydrogen) atoms. The van der Waals surface area contributed by atoms with Gasteiger partial charge in [0.15, 0.2) is 0 Å². The van der Waals surface area contributed by atoms with Crippen LogP contribution in [0.5, 0.6) is 0 Å². The van der Waals surface area contributed by atoms with Crippen molar-refractivity contribution in [1.82, 2.24) is 0 Å². The second-order valence-electron chi connectivity index (χ2n) is 10.8. The van der Waals surface area contributed by atoms with E-state index in [-0.39, 0.29) is 35.0 Å². The van der Waals surface area contributed by atoms with Gasteiger partial charge in [-0.05, 0) is 80.5 Å². The van der Waals surface area contributed by atoms with Gasteiger partial charge in [0, 0.05) is 24.7 Å². The van der Waals surface area contributed by atoms with Crippen molar-refractivity contribution in [2.24, 2.45) is 39.9 Å². The van der Waals surface area contributed by atoms with E-state index in [4.69, 9.17) is 9.47 Å². The first kappa shape index (κ1) is 18.0. The molecule has 0 aromatic heterocycles. The van der Waals surface area contributed by atoms with Gasteiger partial charge in [-0.2, -0.15) is 0 Å². The number of carbonyl (C=O) groups excluding carboxylic acids is 2. The Kier molecular flexibility index (Phi) is 3.67. The van der Waals surface area contributed by atoms with Crippen molar-refractivity contribution in [3.05, 3.63) is 0 Å². The molecule has 0 bridgehead atoms. The molecule has 1 spiro atoms. The fourth-order valence-corrected chi connectivity index (χ4v) is 8.97. The SMILES string of the molecule is CC(=O)OC1CCC2C3CC(OC(C)=O)C45C[C@H]4CCC5(C)C3CCC12C. The van der Waals surface area contributed by atoms with Gasteiger partial charge < -0.3 is 9.47 Å². The van der Waals surface area contributed by atoms with E-state index in [0.29, 0.717) is 17.3 Å². The van der Waals surface area contributed by atoms with Gasteiger partial charge in [-0.3, -0.25) is 9.59 Å². The molecule has 4 nitrogen and oxygen atoms in total. The van der Waals surface area contributed by atoms with Gasteiger partial charge in [0.2, 0.25) is 0 Å². The summed E-state index contributed by atoms with van der Waals surface area (Å²) in [7, 11) is 0. The standard InChI is InChI=1S/C23H34O4/c1-13(24)26-19-6-5-17-16-11-20(27-14(2)25)23-12-15(23)7-10-22(23,4)18(16)8-9-21(17,19)3/h15-20H,5-12H2,1-4H3/t15-,16?,17?,18?,19?,20?,21?,22?,23?/m1/s1. The van der Waals surface area contributed by atoms with Crippen LogP contribution in [-0.4, -0.2) is 24.1 Å². The summed E-state index contributed by atoms with van der Waals surface area (Å²) < 4.78 is 11.8. The number of esters is 2. The van der Waals surface area contributed by atoms with Gasteiger partial charge in [-0.25, -0.2) is 0 Å². The highest BCUT2D eigenvalue weighted by atomic mass is 16.5. The highest BCUT2D eigenvalue weighted by Gasteiger charge is 2.78. The van der Waals surface area contributed by atoms with E-state index in [9.17, 15) is 9.59 Å². The third kappa shape index (κ3) is 2.16. The molecule has 0 radical (unpaired) electrons. The number of ether oxygens (including phenoxy) is 2. The lowest BCUT2D eigenvalue weighted by molar-refractivity contribution is -0.187. The third-order valence-corrected chi connectivity index (χ3v) is 10.1. The lowest BCUT2D eigenvalue weighted by atomic mass is 9.46. The van der Waals surface area contributed by atoms with Gasteiger partial charge in [-0.15, -0.1) is 0 Å². The Balaban J connectivity index is 1.48. The van der Waals surface area contributed by atoms with Crippen LogP contribution in [0.4, 0.5) is 0 Å². The average molecular weight is 375 g/mol. The van der Waals surface area contributed by atoms with Crippen LogP contribution in [0, 0.1) is 39.9 Å². The molecule has 5 saturated carbocycles. The second kappa shape index (κ2) is 5.51. The Morgan fingerprint density at radius 2 is 1.56 bits per heavy atom. The monoisotopic (exact) mass is 374 g/mol. The maximum atomic E-state index is 11.9. The van der Waals surface area contributed by atoms with Gasteiger partial charge in [0.05, 0.1) is 0 Å². The van der Waals surface area contributed by atoms with Gasteiger partial charge in [0.1, 0.15) is 12.2 Å². The average Bonchev–Trinajstić information content (AvgIpc) is 3.12. The number of hydrogen-bond acceptors (Lipinski definition) is 4. The van der Waals surface area contributed by atoms with Crippen molar-refractivity contribution in [2.75, 3.05) is 0 Å². The normalized spacial score (nSPS) is 55.0. The number of rotatable bonds is 2. The molecule has 0 amide bonds. The number of carbonyl (C=O) groups is 2. The Hall–Kier alpha value is -1.06. The van der Waals surface area contributed by atoms with Crippen molar-refractivity contribution < 1.29 is 19.1 Å². The summed E-state index contributed by atoms with van der Waals surface area (Å²) in [5.41, 5.74) is 0.680. The summed E-state index contributed by atoms with van der Waals surface area (Å²) in [6, 6.07) is 0. The van der Waals surface area contributed by atoms with Crippen LogP contribution in [0.1, 0.15) is 79.1 Å². The number of fused-ring (bicyclic) bond motifs is 4. The summed E-state index contributed by atoms with van der Waals surface area (Å²) in [5.74, 6) is 2.45. The second-order valence-corrected chi connectivity index (χ2v) is 10.8. The molecule has 0 aliphatic heterocycles. The van der Waals surface area contributed by atoms with E-state index in [0.717, 1.165) is 31.1 Å². The van der Waals surface area contributed by atoms with E-state index >= 15 is 0 Å². The van der Waals surface area contributed by atoms with Crippen molar-refractivity contribution in [1.29, 1.82) is 0 Å². The summed E-state index contributed by atoms with van der Waals surface area (Å²) in [4.78, 5) is 23.6. The van der Waals surface area contributed by atoms with E-state index in [1.165, 1.54) is 39.0 Å². The quantitative estimate of drug-likeness (QED) is 0.668. The van der Waals surface area contributed by atoms with Crippen LogP contribution < -0.4 is 0 Å². The van der Waals surface area contributed by atoms with E-state index in [1.54, 1.807) is 6.92 Å². The molecule has 4 heteroatoms. The molecule has 5 aliphatic rings. The fraction of sp³-hybridized carbons (Fsp3) is 0.913. The van der Waals surface area contributed by atoms with Gasteiger partial charge in [-0.1, -0.05) is 13.8 Å². The van der Waals surface area contributed by atoms with Crippen LogP contribution in [0.15, 0.2) is 0 Å². The lowest BCUT2D eigenvalue weighted by Gasteiger charge is -2.60. The summed E-state index contributed by atoms with van der Waals surface area (Å²) >= 11 is 0. The van der Waals surface area contributed by atoms with Crippen molar-refractivity contribution in [2.45, 2.75) is 91.3 Å². The zero-order chi connectivity index (χ0) is 19.2. The zero-order valence-electron chi connectivity index (χ0n) is 17.3. The van der Waals surface area contributed by atoms with E-state index < -0.39 is 0 Å². The van der Waals surface area contributed by atoms with Crippen molar-refractivity contribution in [3.8, 4) is 0 Å². The molecule has 0 aromatic carbocycles. The Morgan fingerprint density at radius 3 is 2.22 bits per heavy atom. The Morgan fingerprint density at radius 1 is 0.852 bits per heavy atom. The molecule has 9 atom stereocenters. The Bertz CT molecular complexity index is 688. The van der Waals surface area contributed by atoms with Crippen LogP contribution in [0.3, 0.4) is 0 Å². The van der Waals surface area contributed by atoms with Crippen molar-refractivity contribution >= 4 is 11.9 Å². The predicted octanol–water partition coefficient (Wildman–Crippen LogP) is 4.50. The minimum atomic E-state index is -0.145. The largest absolute Gasteiger partial charge is 0.462 e. The molecule has 0 saturated heterocycles. The van der Waals surface area contributed by atoms with Gasteiger partial charge >= 0.3 is 11.9 Å². The van der Waals surface area contributed by atoms with Crippen LogP contribution in [-0.2, 0) is 19.1 Å². The maximum Gasteiger partial charge on any atom is 0.302 e. The molecule has 150 valence electrons. The third-order valence-electron chi connectivity index (χ3n) is 10.1. The first-order valence-corrected chi connectivity index (χ1v) is 11.1. The highest BCUT2D eigenvalue weighted by Crippen LogP contribution is 2.82. The summed E-state index contributed by atoms with van der Waals surface area (Å²) in [6.07, 6.45) is 9.63. The highest BCUT2D eigenvalue weighted by molar-refractivity contribution is 5.66. The van der Waals surface area contributed by atoms with Crippen LogP contribution >= 0.6 is 0 Å². The van der Waals surface area contributed by atoms with Crippen LogP contribution in [0.25, 0.3) is 0 Å². The summed E-state index contributed by atoms with van der Waals surface area (Å²) in [5, 5.41) is 0. The first-order chi connectivity index (χ1) is 12.7. The van der Waals surface area contributed by atoms with Crippen LogP contribution in [0.2, 0.25) is 0 Å². The summed E-state index contributed by atoms with van der Waals surface area (Å²) in [6.45, 7) is 7.99. The minimum Gasteiger partial charge on any atom is -0.462 e. The predicted molar refractivity (Wildman–Crippen MR) is 101 cm³/mol. The lowest BCUT2D eigenvalue weighted by Crippen LogP contribution is -2.57. The minimum absolute atomic E-state index is 0.0640. The molecule has 8 unspecified atom stereocenters. The molecule has 0 N–H and O–H groups in total. The first-order valence-electron chi connectivity index (χ1n) is 11.1. The molecule has 0 aromatic rings. The zero-order valence-corrected chi connectivity index (χ0v) is 17.3. The molecule has 5 aliphatic carbocycles. The Labute approximate surface area is 162 Å². The molecule has 5 fully saturated rings. The topological polar surface area (TPSA) is 52.6 Å². The van der Waals surface area contributed by atoms with E-state index in [2.05, 4.69) is 13.8 Å². The number of hydrogen-bond donors (Lipinski definition) is 0. The van der Waals surface area contributed by atoms with E-state index in [1.807, 2.05) is 0 Å². The smallest absolute Gasteiger partial charge is 0.302 e. The molecular weight excluding hydrogens is 340 g/mol. The molecule has 0 heterocycles. The fourth-order valence-electron chi connectivity index (χ4n) is 8.97.